The molecule has 5 heteroatoms. The van der Waals surface area contributed by atoms with Crippen LogP contribution in [0.1, 0.15) is 30.3 Å². The minimum atomic E-state index is -0.584. The van der Waals surface area contributed by atoms with Crippen molar-refractivity contribution in [1.29, 1.82) is 0 Å². The molecule has 5 nitrogen and oxygen atoms in total. The molecule has 0 saturated carbocycles. The van der Waals surface area contributed by atoms with Gasteiger partial charge >= 0.3 is 0 Å². The average molecular weight is 232 g/mol. The Labute approximate surface area is 99.9 Å². The normalized spacial score (nSPS) is 14.5. The zero-order valence-corrected chi connectivity index (χ0v) is 9.69. The molecular formula is C12H16N4O. The van der Waals surface area contributed by atoms with Gasteiger partial charge in [-0.15, -0.1) is 5.10 Å². The number of rotatable bonds is 4. The maximum Gasteiger partial charge on any atom is 0.0991 e. The third-order valence-electron chi connectivity index (χ3n) is 2.57. The Bertz CT molecular complexity index is 466. The van der Waals surface area contributed by atoms with Crippen molar-refractivity contribution in [2.24, 2.45) is 5.73 Å². The molecule has 0 fully saturated rings. The van der Waals surface area contributed by atoms with Crippen LogP contribution in [0.2, 0.25) is 0 Å². The van der Waals surface area contributed by atoms with E-state index < -0.39 is 6.10 Å². The summed E-state index contributed by atoms with van der Waals surface area (Å²) in [6.07, 6.45) is 1.18. The molecule has 2 atom stereocenters. The predicted molar refractivity (Wildman–Crippen MR) is 64.0 cm³/mol. The topological polar surface area (TPSA) is 77.0 Å². The summed E-state index contributed by atoms with van der Waals surface area (Å²) in [5.74, 6) is 0. The monoisotopic (exact) mass is 232 g/mol. The largest absolute Gasteiger partial charge is 0.386 e. The smallest absolute Gasteiger partial charge is 0.0991 e. The molecule has 0 aliphatic rings. The standard InChI is InChI=1S/C12H16N4O/c1-9(13)11-7-16(15-14-11)8-12(17)10-5-3-2-4-6-10/h2-7,9,12,17H,8,13H2,1H3. The summed E-state index contributed by atoms with van der Waals surface area (Å²) in [7, 11) is 0. The van der Waals surface area contributed by atoms with Crippen LogP contribution in [0.25, 0.3) is 0 Å². The van der Waals surface area contributed by atoms with Gasteiger partial charge in [0.15, 0.2) is 0 Å². The molecule has 0 saturated heterocycles. The number of hydrogen-bond acceptors (Lipinski definition) is 4. The van der Waals surface area contributed by atoms with E-state index >= 15 is 0 Å². The maximum absolute atomic E-state index is 10.0. The molecule has 90 valence electrons. The van der Waals surface area contributed by atoms with E-state index in [1.165, 1.54) is 0 Å². The second-order valence-corrected chi connectivity index (χ2v) is 4.08. The van der Waals surface area contributed by atoms with E-state index in [9.17, 15) is 5.11 Å². The summed E-state index contributed by atoms with van der Waals surface area (Å²) in [4.78, 5) is 0. The van der Waals surface area contributed by atoms with Gasteiger partial charge in [0.05, 0.1) is 24.5 Å². The second-order valence-electron chi connectivity index (χ2n) is 4.08. The molecule has 1 heterocycles. The van der Waals surface area contributed by atoms with E-state index in [0.717, 1.165) is 11.3 Å². The lowest BCUT2D eigenvalue weighted by Crippen LogP contribution is -2.09. The summed E-state index contributed by atoms with van der Waals surface area (Å²) >= 11 is 0. The van der Waals surface area contributed by atoms with E-state index in [1.807, 2.05) is 37.3 Å². The van der Waals surface area contributed by atoms with Crippen molar-refractivity contribution in [3.63, 3.8) is 0 Å². The molecule has 0 amide bonds. The molecule has 2 unspecified atom stereocenters. The predicted octanol–water partition coefficient (Wildman–Crippen LogP) is 1.03. The molecule has 17 heavy (non-hydrogen) atoms. The molecule has 0 aliphatic carbocycles. The number of aliphatic hydroxyl groups excluding tert-OH is 1. The van der Waals surface area contributed by atoms with Crippen molar-refractivity contribution < 1.29 is 5.11 Å². The van der Waals surface area contributed by atoms with Crippen LogP contribution in [0.15, 0.2) is 36.5 Å². The Morgan fingerprint density at radius 1 is 1.35 bits per heavy atom. The maximum atomic E-state index is 10.0. The second kappa shape index (κ2) is 5.07. The Balaban J connectivity index is 2.05. The molecule has 1 aromatic heterocycles. The molecule has 0 spiro atoms. The Morgan fingerprint density at radius 3 is 2.65 bits per heavy atom. The van der Waals surface area contributed by atoms with Crippen molar-refractivity contribution >= 4 is 0 Å². The van der Waals surface area contributed by atoms with Gasteiger partial charge in [-0.3, -0.25) is 0 Å². The van der Waals surface area contributed by atoms with E-state index in [4.69, 9.17) is 5.73 Å². The van der Waals surface area contributed by atoms with Crippen LogP contribution in [-0.4, -0.2) is 20.1 Å². The van der Waals surface area contributed by atoms with Crippen molar-refractivity contribution in [3.8, 4) is 0 Å². The minimum absolute atomic E-state index is 0.141. The first-order chi connectivity index (χ1) is 8.16. The third kappa shape index (κ3) is 2.89. The van der Waals surface area contributed by atoms with Gasteiger partial charge in [-0.05, 0) is 12.5 Å². The molecule has 1 aromatic carbocycles. The Morgan fingerprint density at radius 2 is 2.06 bits per heavy atom. The van der Waals surface area contributed by atoms with Gasteiger partial charge in [-0.1, -0.05) is 35.5 Å². The van der Waals surface area contributed by atoms with Gasteiger partial charge in [0.25, 0.3) is 0 Å². The number of hydrogen-bond donors (Lipinski definition) is 2. The molecule has 2 aromatic rings. The lowest BCUT2D eigenvalue weighted by atomic mass is 10.1. The minimum Gasteiger partial charge on any atom is -0.386 e. The van der Waals surface area contributed by atoms with Crippen LogP contribution < -0.4 is 5.73 Å². The lowest BCUT2D eigenvalue weighted by Gasteiger charge is -2.10. The van der Waals surface area contributed by atoms with E-state index in [2.05, 4.69) is 10.3 Å². The Hall–Kier alpha value is -1.72. The van der Waals surface area contributed by atoms with Gasteiger partial charge in [-0.2, -0.15) is 0 Å². The SMILES string of the molecule is CC(N)c1cn(CC(O)c2ccccc2)nn1. The first kappa shape index (κ1) is 11.8. The molecule has 0 aliphatic heterocycles. The number of aliphatic hydroxyl groups is 1. The van der Waals surface area contributed by atoms with E-state index in [-0.39, 0.29) is 6.04 Å². The highest BCUT2D eigenvalue weighted by atomic mass is 16.3. The average Bonchev–Trinajstić information content (AvgIpc) is 2.79. The van der Waals surface area contributed by atoms with Gasteiger partial charge in [0, 0.05) is 6.04 Å². The summed E-state index contributed by atoms with van der Waals surface area (Å²) in [6.45, 7) is 2.23. The fraction of sp³-hybridized carbons (Fsp3) is 0.333. The summed E-state index contributed by atoms with van der Waals surface area (Å²) in [5, 5.41) is 17.9. The van der Waals surface area contributed by atoms with Crippen LogP contribution in [0, 0.1) is 0 Å². The highest BCUT2D eigenvalue weighted by Gasteiger charge is 2.10. The molecule has 0 radical (unpaired) electrons. The summed E-state index contributed by atoms with van der Waals surface area (Å²) in [5.41, 5.74) is 7.28. The van der Waals surface area contributed by atoms with Crippen molar-refractivity contribution in [2.45, 2.75) is 25.6 Å². The van der Waals surface area contributed by atoms with Crippen molar-refractivity contribution in [2.75, 3.05) is 0 Å². The van der Waals surface area contributed by atoms with Gasteiger partial charge in [0.2, 0.25) is 0 Å². The fourth-order valence-electron chi connectivity index (χ4n) is 1.57. The highest BCUT2D eigenvalue weighted by Crippen LogP contribution is 2.14. The fourth-order valence-corrected chi connectivity index (χ4v) is 1.57. The van der Waals surface area contributed by atoms with Gasteiger partial charge < -0.3 is 10.8 Å². The van der Waals surface area contributed by atoms with Gasteiger partial charge in [-0.25, -0.2) is 4.68 Å². The van der Waals surface area contributed by atoms with Crippen LogP contribution in [0.4, 0.5) is 0 Å². The number of nitrogens with zero attached hydrogens (tertiary/aromatic N) is 3. The first-order valence-corrected chi connectivity index (χ1v) is 5.55. The number of aromatic nitrogens is 3. The summed E-state index contributed by atoms with van der Waals surface area (Å²) < 4.78 is 1.61. The quantitative estimate of drug-likeness (QED) is 0.825. The molecule has 2 rings (SSSR count). The lowest BCUT2D eigenvalue weighted by molar-refractivity contribution is 0.150. The molecular weight excluding hydrogens is 216 g/mol. The Kier molecular flexibility index (Phi) is 3.51. The van der Waals surface area contributed by atoms with E-state index in [1.54, 1.807) is 10.9 Å². The van der Waals surface area contributed by atoms with Crippen LogP contribution in [0.3, 0.4) is 0 Å². The zero-order chi connectivity index (χ0) is 12.3. The van der Waals surface area contributed by atoms with Crippen molar-refractivity contribution in [1.82, 2.24) is 15.0 Å². The number of benzene rings is 1. The third-order valence-corrected chi connectivity index (χ3v) is 2.57. The van der Waals surface area contributed by atoms with Crippen LogP contribution >= 0.6 is 0 Å². The van der Waals surface area contributed by atoms with Gasteiger partial charge in [0.1, 0.15) is 0 Å². The first-order valence-electron chi connectivity index (χ1n) is 5.55. The van der Waals surface area contributed by atoms with Crippen LogP contribution in [-0.2, 0) is 6.54 Å². The zero-order valence-electron chi connectivity index (χ0n) is 9.69. The number of nitrogens with two attached hydrogens (primary N) is 1. The molecule has 0 bridgehead atoms. The van der Waals surface area contributed by atoms with Crippen molar-refractivity contribution in [3.05, 3.63) is 47.8 Å². The summed E-state index contributed by atoms with van der Waals surface area (Å²) in [6, 6.07) is 9.33. The molecule has 3 N–H and O–H groups in total. The highest BCUT2D eigenvalue weighted by molar-refractivity contribution is 5.17. The van der Waals surface area contributed by atoms with Crippen LogP contribution in [0.5, 0.6) is 0 Å². The van der Waals surface area contributed by atoms with E-state index in [0.29, 0.717) is 6.54 Å².